The van der Waals surface area contributed by atoms with Gasteiger partial charge in [-0.3, -0.25) is 4.98 Å². The van der Waals surface area contributed by atoms with E-state index in [1.165, 1.54) is 6.07 Å². The molecule has 0 bridgehead atoms. The molecule has 1 aromatic carbocycles. The van der Waals surface area contributed by atoms with Gasteiger partial charge < -0.3 is 10.6 Å². The van der Waals surface area contributed by atoms with Crippen LogP contribution < -0.4 is 10.6 Å². The summed E-state index contributed by atoms with van der Waals surface area (Å²) in [6.45, 7) is 0. The third-order valence-electron chi connectivity index (χ3n) is 3.01. The molecule has 6 heteroatoms. The van der Waals surface area contributed by atoms with Crippen LogP contribution in [0.4, 0.5) is 21.8 Å². The summed E-state index contributed by atoms with van der Waals surface area (Å²) in [6.07, 6.45) is 1.69. The molecule has 5 nitrogen and oxygen atoms in total. The van der Waals surface area contributed by atoms with Crippen LogP contribution in [0.3, 0.4) is 0 Å². The van der Waals surface area contributed by atoms with Crippen LogP contribution in [0.2, 0.25) is 0 Å². The highest BCUT2D eigenvalue weighted by molar-refractivity contribution is 5.65. The van der Waals surface area contributed by atoms with Gasteiger partial charge in [0.25, 0.3) is 0 Å². The van der Waals surface area contributed by atoms with E-state index in [4.69, 9.17) is 0 Å². The third-order valence-corrected chi connectivity index (χ3v) is 3.01. The van der Waals surface area contributed by atoms with Gasteiger partial charge in [0.2, 0.25) is 5.95 Å². The predicted octanol–water partition coefficient (Wildman–Crippen LogP) is 3.46. The van der Waals surface area contributed by atoms with Crippen molar-refractivity contribution >= 4 is 17.5 Å². The van der Waals surface area contributed by atoms with Crippen LogP contribution in [0.15, 0.2) is 54.7 Å². The first kappa shape index (κ1) is 13.9. The summed E-state index contributed by atoms with van der Waals surface area (Å²) < 4.78 is 13.7. The number of nitrogens with zero attached hydrogens (tertiary/aromatic N) is 3. The zero-order valence-electron chi connectivity index (χ0n) is 11.9. The van der Waals surface area contributed by atoms with E-state index in [9.17, 15) is 4.39 Å². The Balaban J connectivity index is 2.00. The van der Waals surface area contributed by atoms with Crippen LogP contribution in [0.25, 0.3) is 11.4 Å². The minimum absolute atomic E-state index is 0.341. The van der Waals surface area contributed by atoms with Crippen LogP contribution in [0, 0.1) is 5.82 Å². The number of halogens is 1. The van der Waals surface area contributed by atoms with E-state index in [2.05, 4.69) is 25.6 Å². The van der Waals surface area contributed by atoms with Gasteiger partial charge in [-0.1, -0.05) is 18.2 Å². The molecule has 0 aliphatic carbocycles. The number of rotatable bonds is 4. The quantitative estimate of drug-likeness (QED) is 0.771. The lowest BCUT2D eigenvalue weighted by molar-refractivity contribution is 0.632. The second-order valence-electron chi connectivity index (χ2n) is 4.53. The number of para-hydroxylation sites is 1. The van der Waals surface area contributed by atoms with E-state index in [0.717, 1.165) is 5.69 Å². The van der Waals surface area contributed by atoms with Crippen LogP contribution >= 0.6 is 0 Å². The van der Waals surface area contributed by atoms with Crippen LogP contribution in [-0.4, -0.2) is 22.0 Å². The highest BCUT2D eigenvalue weighted by atomic mass is 19.1. The summed E-state index contributed by atoms with van der Waals surface area (Å²) >= 11 is 0. The fourth-order valence-electron chi connectivity index (χ4n) is 1.97. The van der Waals surface area contributed by atoms with Crippen molar-refractivity contribution in [3.05, 3.63) is 60.5 Å². The molecule has 3 aromatic rings. The number of hydrogen-bond acceptors (Lipinski definition) is 5. The van der Waals surface area contributed by atoms with E-state index < -0.39 is 0 Å². The van der Waals surface area contributed by atoms with E-state index in [1.807, 2.05) is 18.2 Å². The van der Waals surface area contributed by atoms with Crippen molar-refractivity contribution in [2.75, 3.05) is 17.7 Å². The Morgan fingerprint density at radius 3 is 2.50 bits per heavy atom. The first-order valence-corrected chi connectivity index (χ1v) is 6.76. The SMILES string of the molecule is CNc1nc(Nc2ccccc2F)cc(-c2ccccn2)n1. The summed E-state index contributed by atoms with van der Waals surface area (Å²) in [5.41, 5.74) is 1.73. The maximum atomic E-state index is 13.7. The van der Waals surface area contributed by atoms with Crippen molar-refractivity contribution in [3.8, 4) is 11.4 Å². The molecule has 0 amide bonds. The lowest BCUT2D eigenvalue weighted by atomic mass is 10.2. The minimum atomic E-state index is -0.341. The molecule has 0 spiro atoms. The Morgan fingerprint density at radius 1 is 0.955 bits per heavy atom. The fraction of sp³-hybridized carbons (Fsp3) is 0.0625. The molecule has 0 saturated carbocycles. The van der Waals surface area contributed by atoms with E-state index >= 15 is 0 Å². The highest BCUT2D eigenvalue weighted by Gasteiger charge is 2.08. The highest BCUT2D eigenvalue weighted by Crippen LogP contribution is 2.23. The van der Waals surface area contributed by atoms with Gasteiger partial charge in [0, 0.05) is 19.3 Å². The van der Waals surface area contributed by atoms with Gasteiger partial charge in [-0.25, -0.2) is 9.37 Å². The molecule has 110 valence electrons. The molecule has 0 saturated heterocycles. The molecule has 2 aromatic heterocycles. The molecular formula is C16H14FN5. The molecule has 0 aliphatic rings. The van der Waals surface area contributed by atoms with Gasteiger partial charge in [-0.05, 0) is 24.3 Å². The number of pyridine rings is 1. The van der Waals surface area contributed by atoms with E-state index in [-0.39, 0.29) is 5.82 Å². The Labute approximate surface area is 127 Å². The molecule has 0 aliphatic heterocycles. The number of anilines is 3. The summed E-state index contributed by atoms with van der Waals surface area (Å²) in [6, 6.07) is 13.7. The van der Waals surface area contributed by atoms with Crippen molar-refractivity contribution in [2.24, 2.45) is 0 Å². The van der Waals surface area contributed by atoms with Gasteiger partial charge in [-0.15, -0.1) is 0 Å². The monoisotopic (exact) mass is 295 g/mol. The lowest BCUT2D eigenvalue weighted by Gasteiger charge is -2.10. The third kappa shape index (κ3) is 3.01. The molecule has 0 unspecified atom stereocenters. The Hall–Kier alpha value is -3.02. The topological polar surface area (TPSA) is 62.7 Å². The fourth-order valence-corrected chi connectivity index (χ4v) is 1.97. The summed E-state index contributed by atoms with van der Waals surface area (Å²) in [5, 5.41) is 5.86. The van der Waals surface area contributed by atoms with Crippen molar-refractivity contribution in [1.29, 1.82) is 0 Å². The number of nitrogens with one attached hydrogen (secondary N) is 2. The number of hydrogen-bond donors (Lipinski definition) is 2. The predicted molar refractivity (Wildman–Crippen MR) is 84.5 cm³/mol. The van der Waals surface area contributed by atoms with Crippen molar-refractivity contribution < 1.29 is 4.39 Å². The average molecular weight is 295 g/mol. The van der Waals surface area contributed by atoms with Gasteiger partial charge in [-0.2, -0.15) is 4.98 Å². The van der Waals surface area contributed by atoms with Crippen LogP contribution in [0.5, 0.6) is 0 Å². The molecule has 3 rings (SSSR count). The second-order valence-corrected chi connectivity index (χ2v) is 4.53. The second kappa shape index (κ2) is 6.17. The summed E-state index contributed by atoms with van der Waals surface area (Å²) in [5.74, 6) is 0.582. The van der Waals surface area contributed by atoms with Gasteiger partial charge >= 0.3 is 0 Å². The first-order chi connectivity index (χ1) is 10.8. The maximum absolute atomic E-state index is 13.7. The Kier molecular flexibility index (Phi) is 3.91. The first-order valence-electron chi connectivity index (χ1n) is 6.76. The lowest BCUT2D eigenvalue weighted by Crippen LogP contribution is -2.03. The van der Waals surface area contributed by atoms with Crippen molar-refractivity contribution in [2.45, 2.75) is 0 Å². The summed E-state index contributed by atoms with van der Waals surface area (Å²) in [7, 11) is 1.73. The Bertz CT molecular complexity index is 776. The molecule has 2 N–H and O–H groups in total. The molecule has 22 heavy (non-hydrogen) atoms. The zero-order chi connectivity index (χ0) is 15.4. The maximum Gasteiger partial charge on any atom is 0.225 e. The van der Waals surface area contributed by atoms with Gasteiger partial charge in [0.1, 0.15) is 11.6 Å². The van der Waals surface area contributed by atoms with Gasteiger partial charge in [0.05, 0.1) is 17.1 Å². The summed E-state index contributed by atoms with van der Waals surface area (Å²) in [4.78, 5) is 12.9. The number of aromatic nitrogens is 3. The molecule has 0 fully saturated rings. The molecule has 2 heterocycles. The smallest absolute Gasteiger partial charge is 0.225 e. The van der Waals surface area contributed by atoms with Crippen LogP contribution in [0.1, 0.15) is 0 Å². The van der Waals surface area contributed by atoms with E-state index in [0.29, 0.717) is 23.1 Å². The van der Waals surface area contributed by atoms with E-state index in [1.54, 1.807) is 37.5 Å². The standard InChI is InChI=1S/C16H14FN5/c1-18-16-21-14(13-8-4-5-9-19-13)10-15(22-16)20-12-7-3-2-6-11(12)17/h2-10H,1H3,(H2,18,20,21,22). The molecular weight excluding hydrogens is 281 g/mol. The van der Waals surface area contributed by atoms with Crippen LogP contribution in [-0.2, 0) is 0 Å². The molecule has 0 radical (unpaired) electrons. The normalized spacial score (nSPS) is 10.3. The Morgan fingerprint density at radius 2 is 1.77 bits per heavy atom. The van der Waals surface area contributed by atoms with Crippen molar-refractivity contribution in [3.63, 3.8) is 0 Å². The molecule has 0 atom stereocenters. The largest absolute Gasteiger partial charge is 0.357 e. The zero-order valence-corrected chi connectivity index (χ0v) is 11.9. The minimum Gasteiger partial charge on any atom is -0.357 e. The number of benzene rings is 1. The average Bonchev–Trinajstić information content (AvgIpc) is 2.57. The van der Waals surface area contributed by atoms with Gasteiger partial charge in [0.15, 0.2) is 0 Å². The van der Waals surface area contributed by atoms with Crippen molar-refractivity contribution in [1.82, 2.24) is 15.0 Å².